The number of carbonyl (C=O) groups is 1. The van der Waals surface area contributed by atoms with Crippen LogP contribution in [0.15, 0.2) is 11.6 Å². The van der Waals surface area contributed by atoms with Crippen molar-refractivity contribution in [3.8, 4) is 0 Å². The van der Waals surface area contributed by atoms with Crippen molar-refractivity contribution in [1.29, 1.82) is 0 Å². The summed E-state index contributed by atoms with van der Waals surface area (Å²) in [7, 11) is 0. The molecule has 1 saturated heterocycles. The molecule has 1 rings (SSSR count). The highest BCUT2D eigenvalue weighted by Gasteiger charge is 2.48. The third kappa shape index (κ3) is 1.93. The lowest BCUT2D eigenvalue weighted by atomic mass is 9.74. The molecule has 0 radical (unpaired) electrons. The Balaban J connectivity index is 2.97. The fourth-order valence-corrected chi connectivity index (χ4v) is 1.99. The summed E-state index contributed by atoms with van der Waals surface area (Å²) in [5.41, 5.74) is 0.189. The Bertz CT molecular complexity index is 291. The molecule has 0 bridgehead atoms. The minimum Gasteiger partial charge on any atom is -0.457 e. The number of aliphatic hydroxyl groups is 1. The molecule has 0 amide bonds. The van der Waals surface area contributed by atoms with Crippen molar-refractivity contribution >= 4 is 5.97 Å². The van der Waals surface area contributed by atoms with Crippen molar-refractivity contribution in [2.24, 2.45) is 11.3 Å². The Hall–Kier alpha value is -0.830. The second-order valence-corrected chi connectivity index (χ2v) is 4.88. The lowest BCUT2D eigenvalue weighted by Crippen LogP contribution is -2.53. The van der Waals surface area contributed by atoms with E-state index >= 15 is 0 Å². The Morgan fingerprint density at radius 1 is 1.53 bits per heavy atom. The van der Waals surface area contributed by atoms with E-state index in [0.717, 1.165) is 5.57 Å². The van der Waals surface area contributed by atoms with Gasteiger partial charge in [0, 0.05) is 5.92 Å². The molecule has 3 nitrogen and oxygen atoms in total. The van der Waals surface area contributed by atoms with Gasteiger partial charge in [0.2, 0.25) is 0 Å². The Labute approximate surface area is 91.1 Å². The molecule has 0 saturated carbocycles. The molecule has 15 heavy (non-hydrogen) atoms. The standard InChI is InChI=1S/C12H20O3/c1-6-7(2)9-8(3)10(13)12(4,5)11(14)15-9/h6,8-10,13H,1-5H3/b7-6+/t8-,9+,10-/m1/s1. The van der Waals surface area contributed by atoms with E-state index in [9.17, 15) is 9.90 Å². The molecule has 0 aliphatic carbocycles. The molecule has 1 N–H and O–H groups in total. The number of esters is 1. The van der Waals surface area contributed by atoms with E-state index < -0.39 is 11.5 Å². The van der Waals surface area contributed by atoms with Crippen LogP contribution in [0.2, 0.25) is 0 Å². The van der Waals surface area contributed by atoms with Gasteiger partial charge < -0.3 is 9.84 Å². The smallest absolute Gasteiger partial charge is 0.314 e. The van der Waals surface area contributed by atoms with Crippen LogP contribution in [0.5, 0.6) is 0 Å². The fourth-order valence-electron chi connectivity index (χ4n) is 1.99. The van der Waals surface area contributed by atoms with Crippen molar-refractivity contribution in [3.63, 3.8) is 0 Å². The highest BCUT2D eigenvalue weighted by molar-refractivity contribution is 5.78. The van der Waals surface area contributed by atoms with Crippen molar-refractivity contribution in [2.75, 3.05) is 0 Å². The zero-order valence-corrected chi connectivity index (χ0v) is 10.1. The lowest BCUT2D eigenvalue weighted by molar-refractivity contribution is -0.187. The van der Waals surface area contributed by atoms with E-state index in [1.807, 2.05) is 26.8 Å². The lowest BCUT2D eigenvalue weighted by Gasteiger charge is -2.42. The largest absolute Gasteiger partial charge is 0.457 e. The second-order valence-electron chi connectivity index (χ2n) is 4.88. The molecule has 86 valence electrons. The molecule has 0 unspecified atom stereocenters. The molecule has 3 atom stereocenters. The molecule has 0 aromatic carbocycles. The zero-order valence-electron chi connectivity index (χ0n) is 10.1. The molecule has 0 spiro atoms. The van der Waals surface area contributed by atoms with Gasteiger partial charge in [-0.2, -0.15) is 0 Å². The SMILES string of the molecule is C/C=C(\C)[C@@H]1OC(=O)C(C)(C)[C@H](O)[C@@H]1C. The van der Waals surface area contributed by atoms with Crippen LogP contribution in [-0.4, -0.2) is 23.3 Å². The molecule has 1 heterocycles. The molecular weight excluding hydrogens is 192 g/mol. The van der Waals surface area contributed by atoms with E-state index in [1.54, 1.807) is 13.8 Å². The summed E-state index contributed by atoms with van der Waals surface area (Å²) in [6.07, 6.45) is 0.976. The summed E-state index contributed by atoms with van der Waals surface area (Å²) in [5.74, 6) is -0.381. The van der Waals surface area contributed by atoms with Crippen LogP contribution in [0.25, 0.3) is 0 Å². The summed E-state index contributed by atoms with van der Waals surface area (Å²) in [5, 5.41) is 10.1. The Morgan fingerprint density at radius 2 is 2.07 bits per heavy atom. The van der Waals surface area contributed by atoms with Gasteiger partial charge in [-0.25, -0.2) is 0 Å². The number of cyclic esters (lactones) is 1. The fraction of sp³-hybridized carbons (Fsp3) is 0.750. The van der Waals surface area contributed by atoms with Gasteiger partial charge in [-0.1, -0.05) is 13.0 Å². The summed E-state index contributed by atoms with van der Waals surface area (Å²) >= 11 is 0. The predicted octanol–water partition coefficient (Wildman–Crippen LogP) is 1.90. The second kappa shape index (κ2) is 3.97. The van der Waals surface area contributed by atoms with Gasteiger partial charge in [0.1, 0.15) is 6.10 Å². The highest BCUT2D eigenvalue weighted by atomic mass is 16.6. The van der Waals surface area contributed by atoms with Crippen molar-refractivity contribution in [3.05, 3.63) is 11.6 Å². The summed E-state index contributed by atoms with van der Waals surface area (Å²) in [6.45, 7) is 9.17. The number of hydrogen-bond donors (Lipinski definition) is 1. The number of hydrogen-bond acceptors (Lipinski definition) is 3. The molecule has 1 aliphatic heterocycles. The molecule has 3 heteroatoms. The van der Waals surface area contributed by atoms with Crippen LogP contribution in [0.1, 0.15) is 34.6 Å². The molecule has 0 aromatic rings. The summed E-state index contributed by atoms with van der Waals surface area (Å²) in [6, 6.07) is 0. The number of ether oxygens (including phenoxy) is 1. The predicted molar refractivity (Wildman–Crippen MR) is 58.3 cm³/mol. The average Bonchev–Trinajstić information content (AvgIpc) is 2.20. The van der Waals surface area contributed by atoms with Gasteiger partial charge in [-0.15, -0.1) is 0 Å². The summed E-state index contributed by atoms with van der Waals surface area (Å²) in [4.78, 5) is 11.7. The molecule has 0 aromatic heterocycles. The van der Waals surface area contributed by atoms with Crippen molar-refractivity contribution < 1.29 is 14.6 Å². The van der Waals surface area contributed by atoms with Gasteiger partial charge in [0.15, 0.2) is 0 Å². The van der Waals surface area contributed by atoms with Gasteiger partial charge in [0.05, 0.1) is 11.5 Å². The maximum absolute atomic E-state index is 11.7. The normalized spacial score (nSPS) is 36.3. The van der Waals surface area contributed by atoms with E-state index in [1.165, 1.54) is 0 Å². The van der Waals surface area contributed by atoms with Crippen molar-refractivity contribution in [2.45, 2.75) is 46.8 Å². The third-order valence-electron chi connectivity index (χ3n) is 3.38. The maximum Gasteiger partial charge on any atom is 0.314 e. The zero-order chi connectivity index (χ0) is 11.8. The van der Waals surface area contributed by atoms with Gasteiger partial charge in [0.25, 0.3) is 0 Å². The minimum absolute atomic E-state index is 0.0612. The van der Waals surface area contributed by atoms with Crippen LogP contribution in [0.3, 0.4) is 0 Å². The number of carbonyl (C=O) groups excluding carboxylic acids is 1. The Morgan fingerprint density at radius 3 is 2.53 bits per heavy atom. The van der Waals surface area contributed by atoms with Gasteiger partial charge >= 0.3 is 5.97 Å². The van der Waals surface area contributed by atoms with E-state index in [2.05, 4.69) is 0 Å². The van der Waals surface area contributed by atoms with Crippen LogP contribution in [0.4, 0.5) is 0 Å². The van der Waals surface area contributed by atoms with E-state index in [0.29, 0.717) is 0 Å². The third-order valence-corrected chi connectivity index (χ3v) is 3.38. The van der Waals surface area contributed by atoms with Crippen LogP contribution >= 0.6 is 0 Å². The van der Waals surface area contributed by atoms with Crippen molar-refractivity contribution in [1.82, 2.24) is 0 Å². The number of aliphatic hydroxyl groups excluding tert-OH is 1. The van der Waals surface area contributed by atoms with Crippen LogP contribution in [0, 0.1) is 11.3 Å². The number of allylic oxidation sites excluding steroid dienone is 1. The maximum atomic E-state index is 11.7. The highest BCUT2D eigenvalue weighted by Crippen LogP contribution is 2.37. The average molecular weight is 212 g/mol. The minimum atomic E-state index is -0.802. The monoisotopic (exact) mass is 212 g/mol. The quantitative estimate of drug-likeness (QED) is 0.533. The first kappa shape index (κ1) is 12.2. The van der Waals surface area contributed by atoms with E-state index in [4.69, 9.17) is 4.74 Å². The summed E-state index contributed by atoms with van der Waals surface area (Å²) < 4.78 is 5.37. The Kier molecular flexibility index (Phi) is 3.24. The first-order chi connectivity index (χ1) is 6.82. The molecule has 1 aliphatic rings. The molecular formula is C12H20O3. The first-order valence-electron chi connectivity index (χ1n) is 5.34. The molecule has 1 fully saturated rings. The van der Waals surface area contributed by atoms with Crippen LogP contribution < -0.4 is 0 Å². The number of rotatable bonds is 1. The van der Waals surface area contributed by atoms with Gasteiger partial charge in [-0.3, -0.25) is 4.79 Å². The topological polar surface area (TPSA) is 46.5 Å². The van der Waals surface area contributed by atoms with Gasteiger partial charge in [-0.05, 0) is 33.3 Å². The van der Waals surface area contributed by atoms with Crippen LogP contribution in [-0.2, 0) is 9.53 Å². The first-order valence-corrected chi connectivity index (χ1v) is 5.34. The van der Waals surface area contributed by atoms with E-state index in [-0.39, 0.29) is 18.0 Å².